The fourth-order valence-electron chi connectivity index (χ4n) is 4.61. The lowest BCUT2D eigenvalue weighted by molar-refractivity contribution is 0.866. The van der Waals surface area contributed by atoms with Crippen molar-refractivity contribution in [2.45, 2.75) is 39.5 Å². The Labute approximate surface area is 190 Å². The van der Waals surface area contributed by atoms with Crippen molar-refractivity contribution in [2.24, 2.45) is 9.98 Å². The number of aliphatic imine (C=N–C) groups is 2. The van der Waals surface area contributed by atoms with Gasteiger partial charge in [0.15, 0.2) is 0 Å². The van der Waals surface area contributed by atoms with Crippen LogP contribution in [-0.4, -0.2) is 11.4 Å². The lowest BCUT2D eigenvalue weighted by Gasteiger charge is -2.12. The van der Waals surface area contributed by atoms with Crippen molar-refractivity contribution in [3.05, 3.63) is 107 Å². The zero-order valence-electron chi connectivity index (χ0n) is 19.1. The van der Waals surface area contributed by atoms with Gasteiger partial charge in [0.05, 0.1) is 22.8 Å². The molecule has 1 aliphatic rings. The van der Waals surface area contributed by atoms with Crippen LogP contribution in [0.1, 0.15) is 61.8 Å². The van der Waals surface area contributed by atoms with Crippen molar-refractivity contribution in [3.63, 3.8) is 0 Å². The molecule has 2 nitrogen and oxygen atoms in total. The summed E-state index contributed by atoms with van der Waals surface area (Å²) in [4.78, 5) is 10.5. The summed E-state index contributed by atoms with van der Waals surface area (Å²) in [6.45, 7) is 8.88. The zero-order chi connectivity index (χ0) is 22.2. The van der Waals surface area contributed by atoms with Gasteiger partial charge in [0.2, 0.25) is 0 Å². The van der Waals surface area contributed by atoms with E-state index in [9.17, 15) is 0 Å². The lowest BCUT2D eigenvalue weighted by Crippen LogP contribution is -2.10. The van der Waals surface area contributed by atoms with Crippen molar-refractivity contribution < 1.29 is 0 Å². The van der Waals surface area contributed by atoms with Crippen LogP contribution < -0.4 is 0 Å². The second-order valence-electron chi connectivity index (χ2n) is 9.06. The van der Waals surface area contributed by atoms with E-state index in [1.165, 1.54) is 21.9 Å². The van der Waals surface area contributed by atoms with Crippen molar-refractivity contribution in [2.75, 3.05) is 0 Å². The fraction of sp³-hybridized carbons (Fsp3) is 0.200. The largest absolute Gasteiger partial charge is 0.246 e. The Morgan fingerprint density at radius 1 is 0.500 bits per heavy atom. The van der Waals surface area contributed by atoms with Gasteiger partial charge in [-0.2, -0.15) is 0 Å². The molecule has 0 aliphatic heterocycles. The summed E-state index contributed by atoms with van der Waals surface area (Å²) >= 11 is 0. The molecule has 0 unspecified atom stereocenters. The average molecular weight is 417 g/mol. The highest BCUT2D eigenvalue weighted by Crippen LogP contribution is 2.36. The summed E-state index contributed by atoms with van der Waals surface area (Å²) in [5, 5.41) is 2.48. The van der Waals surface area contributed by atoms with Crippen LogP contribution in [0.3, 0.4) is 0 Å². The van der Waals surface area contributed by atoms with Gasteiger partial charge in [-0.05, 0) is 40.5 Å². The van der Waals surface area contributed by atoms with Crippen molar-refractivity contribution >= 4 is 33.6 Å². The molecule has 0 heterocycles. The Morgan fingerprint density at radius 3 is 1.38 bits per heavy atom. The first-order chi connectivity index (χ1) is 15.5. The third-order valence-electron chi connectivity index (χ3n) is 6.22. The van der Waals surface area contributed by atoms with E-state index in [2.05, 4.69) is 113 Å². The van der Waals surface area contributed by atoms with Gasteiger partial charge < -0.3 is 0 Å². The van der Waals surface area contributed by atoms with E-state index in [1.807, 2.05) is 0 Å². The van der Waals surface area contributed by atoms with Crippen LogP contribution in [0.4, 0.5) is 11.4 Å². The van der Waals surface area contributed by atoms with Gasteiger partial charge >= 0.3 is 0 Å². The molecule has 4 aromatic rings. The molecule has 32 heavy (non-hydrogen) atoms. The maximum absolute atomic E-state index is 5.26. The van der Waals surface area contributed by atoms with Gasteiger partial charge in [-0.15, -0.1) is 0 Å². The number of nitrogens with zero attached hydrogens (tertiary/aromatic N) is 2. The van der Waals surface area contributed by atoms with E-state index in [1.54, 1.807) is 0 Å². The molecule has 0 atom stereocenters. The maximum atomic E-state index is 5.26. The summed E-state index contributed by atoms with van der Waals surface area (Å²) in [5.74, 6) is 0.800. The van der Waals surface area contributed by atoms with E-state index in [0.29, 0.717) is 11.8 Å². The van der Waals surface area contributed by atoms with E-state index >= 15 is 0 Å². The lowest BCUT2D eigenvalue weighted by atomic mass is 10.0. The molecule has 0 saturated carbocycles. The number of rotatable bonds is 4. The molecule has 0 saturated heterocycles. The van der Waals surface area contributed by atoms with Gasteiger partial charge in [0.25, 0.3) is 0 Å². The van der Waals surface area contributed by atoms with E-state index in [-0.39, 0.29) is 0 Å². The fourth-order valence-corrected chi connectivity index (χ4v) is 4.61. The van der Waals surface area contributed by atoms with E-state index in [4.69, 9.17) is 9.98 Å². The highest BCUT2D eigenvalue weighted by molar-refractivity contribution is 6.61. The molecule has 0 N–H and O–H groups in total. The number of benzene rings is 4. The molecular formula is C30H28N2. The highest BCUT2D eigenvalue weighted by Gasteiger charge is 2.27. The number of hydrogen-bond acceptors (Lipinski definition) is 2. The third kappa shape index (κ3) is 3.46. The Morgan fingerprint density at radius 2 is 0.938 bits per heavy atom. The van der Waals surface area contributed by atoms with Gasteiger partial charge in [-0.3, -0.25) is 0 Å². The molecular weight excluding hydrogens is 388 g/mol. The standard InChI is InChI=1S/C30H28N2/c1-19(2)22-13-5-7-17-26(22)31-29-24-15-9-11-21-12-10-16-25(28(21)24)30(29)32-27-18-8-6-14-23(27)20(3)4/h5-20H,1-4H3. The molecule has 0 fully saturated rings. The van der Waals surface area contributed by atoms with Gasteiger partial charge in [0.1, 0.15) is 0 Å². The molecule has 158 valence electrons. The van der Waals surface area contributed by atoms with Crippen LogP contribution in [0.15, 0.2) is 94.9 Å². The molecule has 1 aliphatic carbocycles. The van der Waals surface area contributed by atoms with Crippen molar-refractivity contribution in [1.82, 2.24) is 0 Å². The minimum Gasteiger partial charge on any atom is -0.246 e. The molecule has 5 rings (SSSR count). The first-order valence-electron chi connectivity index (χ1n) is 11.4. The van der Waals surface area contributed by atoms with Crippen molar-refractivity contribution in [1.29, 1.82) is 0 Å². The minimum absolute atomic E-state index is 0.400. The van der Waals surface area contributed by atoms with E-state index in [0.717, 1.165) is 33.9 Å². The Bertz CT molecular complexity index is 1270. The Balaban J connectivity index is 1.80. The monoisotopic (exact) mass is 416 g/mol. The van der Waals surface area contributed by atoms with E-state index < -0.39 is 0 Å². The second-order valence-corrected chi connectivity index (χ2v) is 9.06. The average Bonchev–Trinajstić information content (AvgIpc) is 3.09. The summed E-state index contributed by atoms with van der Waals surface area (Å²) in [5.41, 5.74) is 8.80. The maximum Gasteiger partial charge on any atom is 0.0978 e. The Kier molecular flexibility index (Phi) is 5.22. The number of hydrogen-bond donors (Lipinski definition) is 0. The van der Waals surface area contributed by atoms with Crippen LogP contribution >= 0.6 is 0 Å². The van der Waals surface area contributed by atoms with Gasteiger partial charge in [-0.1, -0.05) is 100 Å². The van der Waals surface area contributed by atoms with Crippen LogP contribution in [0, 0.1) is 0 Å². The minimum atomic E-state index is 0.400. The van der Waals surface area contributed by atoms with Crippen LogP contribution in [0.5, 0.6) is 0 Å². The van der Waals surface area contributed by atoms with Crippen LogP contribution in [0.2, 0.25) is 0 Å². The molecule has 0 amide bonds. The predicted octanol–water partition coefficient (Wildman–Crippen LogP) is 8.34. The smallest absolute Gasteiger partial charge is 0.0978 e. The molecule has 0 spiro atoms. The molecule has 0 bridgehead atoms. The Hall–Kier alpha value is -3.52. The topological polar surface area (TPSA) is 24.7 Å². The molecule has 0 radical (unpaired) electrons. The third-order valence-corrected chi connectivity index (χ3v) is 6.22. The van der Waals surface area contributed by atoms with Crippen LogP contribution in [-0.2, 0) is 0 Å². The molecule has 4 aromatic carbocycles. The second kappa shape index (κ2) is 8.20. The SMILES string of the molecule is CC(C)c1ccccc1N=C1C(=Nc2ccccc2C(C)C)c2cccc3cccc1c23. The summed E-state index contributed by atoms with van der Waals surface area (Å²) in [6.07, 6.45) is 0. The highest BCUT2D eigenvalue weighted by atomic mass is 14.8. The molecule has 0 aromatic heterocycles. The van der Waals surface area contributed by atoms with Gasteiger partial charge in [-0.25, -0.2) is 9.98 Å². The first kappa shape index (κ1) is 20.4. The molecule has 2 heteroatoms. The van der Waals surface area contributed by atoms with Crippen molar-refractivity contribution in [3.8, 4) is 0 Å². The first-order valence-corrected chi connectivity index (χ1v) is 11.4. The normalized spacial score (nSPS) is 15.6. The quantitative estimate of drug-likeness (QED) is 0.319. The summed E-state index contributed by atoms with van der Waals surface area (Å²) < 4.78 is 0. The summed E-state index contributed by atoms with van der Waals surface area (Å²) in [7, 11) is 0. The predicted molar refractivity (Wildman–Crippen MR) is 137 cm³/mol. The zero-order valence-corrected chi connectivity index (χ0v) is 19.1. The number of para-hydroxylation sites is 2. The van der Waals surface area contributed by atoms with Gasteiger partial charge in [0, 0.05) is 16.5 Å². The van der Waals surface area contributed by atoms with Crippen LogP contribution in [0.25, 0.3) is 10.8 Å². The summed E-state index contributed by atoms with van der Waals surface area (Å²) in [6, 6.07) is 29.9.